The van der Waals surface area contributed by atoms with Gasteiger partial charge in [-0.2, -0.15) is 0 Å². The van der Waals surface area contributed by atoms with E-state index in [4.69, 9.17) is 4.74 Å². The minimum Gasteiger partial charge on any atom is -0.462 e. The van der Waals surface area contributed by atoms with E-state index in [9.17, 15) is 4.79 Å². The van der Waals surface area contributed by atoms with Crippen molar-refractivity contribution in [2.24, 2.45) is 0 Å². The van der Waals surface area contributed by atoms with Crippen LogP contribution in [0.2, 0.25) is 0 Å². The normalized spacial score (nSPS) is 10.6. The highest BCUT2D eigenvalue weighted by molar-refractivity contribution is 9.11. The molecular formula is C10H13BrO2S. The summed E-state index contributed by atoms with van der Waals surface area (Å²) in [7, 11) is 0. The average molecular weight is 277 g/mol. The molecule has 0 unspecified atom stereocenters. The van der Waals surface area contributed by atoms with E-state index in [1.807, 2.05) is 13.0 Å². The van der Waals surface area contributed by atoms with Gasteiger partial charge in [0.2, 0.25) is 0 Å². The van der Waals surface area contributed by atoms with Crippen molar-refractivity contribution in [1.29, 1.82) is 0 Å². The first-order chi connectivity index (χ1) is 6.56. The van der Waals surface area contributed by atoms with Crippen LogP contribution in [-0.2, 0) is 4.74 Å². The lowest BCUT2D eigenvalue weighted by Gasteiger charge is -1.99. The summed E-state index contributed by atoms with van der Waals surface area (Å²) in [6.07, 6.45) is 0. The van der Waals surface area contributed by atoms with Gasteiger partial charge in [-0.15, -0.1) is 11.3 Å². The number of esters is 1. The Kier molecular flexibility index (Phi) is 4.13. The van der Waals surface area contributed by atoms with Crippen molar-refractivity contribution in [3.8, 4) is 0 Å². The molecule has 0 aliphatic rings. The molecule has 0 radical (unpaired) electrons. The van der Waals surface area contributed by atoms with Gasteiger partial charge in [0.1, 0.15) is 0 Å². The van der Waals surface area contributed by atoms with Crippen molar-refractivity contribution in [2.45, 2.75) is 26.7 Å². The smallest absolute Gasteiger partial charge is 0.340 e. The fourth-order valence-electron chi connectivity index (χ4n) is 1.02. The molecule has 1 heterocycles. The number of ether oxygens (including phenoxy) is 1. The number of thiophene rings is 1. The average Bonchev–Trinajstić information content (AvgIpc) is 2.48. The second-order valence-corrected chi connectivity index (χ2v) is 5.61. The number of hydrogen-bond donors (Lipinski definition) is 0. The van der Waals surface area contributed by atoms with Crippen LogP contribution in [0.4, 0.5) is 0 Å². The van der Waals surface area contributed by atoms with Crippen LogP contribution in [0.5, 0.6) is 0 Å². The van der Waals surface area contributed by atoms with E-state index in [1.165, 1.54) is 4.88 Å². The molecule has 0 amide bonds. The highest BCUT2D eigenvalue weighted by Crippen LogP contribution is 2.32. The predicted molar refractivity (Wildman–Crippen MR) is 62.1 cm³/mol. The van der Waals surface area contributed by atoms with Crippen LogP contribution in [0.25, 0.3) is 0 Å². The summed E-state index contributed by atoms with van der Waals surface area (Å²) in [6.45, 7) is 6.43. The summed E-state index contributed by atoms with van der Waals surface area (Å²) in [4.78, 5) is 12.7. The summed E-state index contributed by atoms with van der Waals surface area (Å²) in [5, 5.41) is 0. The third kappa shape index (κ3) is 2.58. The molecule has 0 atom stereocenters. The van der Waals surface area contributed by atoms with Gasteiger partial charge >= 0.3 is 5.97 Å². The van der Waals surface area contributed by atoms with E-state index in [0.717, 1.165) is 3.79 Å². The molecule has 2 nitrogen and oxygen atoms in total. The quantitative estimate of drug-likeness (QED) is 0.785. The van der Waals surface area contributed by atoms with Crippen molar-refractivity contribution < 1.29 is 9.53 Å². The summed E-state index contributed by atoms with van der Waals surface area (Å²) in [5.41, 5.74) is 0.639. The molecule has 0 N–H and O–H groups in total. The van der Waals surface area contributed by atoms with Gasteiger partial charge in [0.05, 0.1) is 16.0 Å². The van der Waals surface area contributed by atoms with E-state index in [0.29, 0.717) is 18.1 Å². The maximum absolute atomic E-state index is 11.5. The molecule has 78 valence electrons. The zero-order valence-corrected chi connectivity index (χ0v) is 10.9. The van der Waals surface area contributed by atoms with Gasteiger partial charge in [0.25, 0.3) is 0 Å². The van der Waals surface area contributed by atoms with Crippen LogP contribution < -0.4 is 0 Å². The number of rotatable bonds is 3. The molecule has 0 fully saturated rings. The molecule has 1 rings (SSSR count). The molecule has 0 saturated carbocycles. The van der Waals surface area contributed by atoms with Crippen molar-refractivity contribution in [3.63, 3.8) is 0 Å². The van der Waals surface area contributed by atoms with Crippen molar-refractivity contribution in [2.75, 3.05) is 6.61 Å². The molecule has 14 heavy (non-hydrogen) atoms. The van der Waals surface area contributed by atoms with Gasteiger partial charge < -0.3 is 4.74 Å². The minimum absolute atomic E-state index is 0.248. The molecule has 0 spiro atoms. The van der Waals surface area contributed by atoms with Crippen molar-refractivity contribution in [3.05, 3.63) is 20.3 Å². The fraction of sp³-hybridized carbons (Fsp3) is 0.500. The van der Waals surface area contributed by atoms with Gasteiger partial charge in [-0.05, 0) is 34.8 Å². The fourth-order valence-corrected chi connectivity index (χ4v) is 2.73. The lowest BCUT2D eigenvalue weighted by Crippen LogP contribution is -2.03. The van der Waals surface area contributed by atoms with E-state index < -0.39 is 0 Å². The van der Waals surface area contributed by atoms with E-state index >= 15 is 0 Å². The van der Waals surface area contributed by atoms with E-state index in [2.05, 4.69) is 29.8 Å². The number of carbonyl (C=O) groups is 1. The zero-order valence-electron chi connectivity index (χ0n) is 8.46. The number of hydrogen-bond acceptors (Lipinski definition) is 3. The van der Waals surface area contributed by atoms with Crippen LogP contribution in [0, 0.1) is 0 Å². The zero-order chi connectivity index (χ0) is 10.7. The van der Waals surface area contributed by atoms with Crippen LogP contribution in [0.3, 0.4) is 0 Å². The highest BCUT2D eigenvalue weighted by atomic mass is 79.9. The molecule has 0 aliphatic carbocycles. The second-order valence-electron chi connectivity index (χ2n) is 3.21. The minimum atomic E-state index is -0.248. The molecule has 1 aromatic rings. The Morgan fingerprint density at radius 1 is 1.64 bits per heavy atom. The lowest BCUT2D eigenvalue weighted by atomic mass is 10.1. The molecule has 4 heteroatoms. The summed E-state index contributed by atoms with van der Waals surface area (Å²) in [5.74, 6) is 0.196. The SMILES string of the molecule is CCOC(=O)c1cc(C(C)C)sc1Br. The van der Waals surface area contributed by atoms with Crippen LogP contribution >= 0.6 is 27.3 Å². The van der Waals surface area contributed by atoms with E-state index in [1.54, 1.807) is 11.3 Å². The van der Waals surface area contributed by atoms with Gasteiger partial charge in [0.15, 0.2) is 0 Å². The Hall–Kier alpha value is -0.350. The third-order valence-corrected chi connectivity index (χ3v) is 3.91. The molecule has 1 aromatic heterocycles. The Bertz CT molecular complexity index is 331. The largest absolute Gasteiger partial charge is 0.462 e. The van der Waals surface area contributed by atoms with Crippen molar-refractivity contribution in [1.82, 2.24) is 0 Å². The first-order valence-electron chi connectivity index (χ1n) is 4.52. The molecule has 0 aliphatic heterocycles. The van der Waals surface area contributed by atoms with Gasteiger partial charge in [0, 0.05) is 4.88 Å². The Labute approximate surface area is 96.4 Å². The second kappa shape index (κ2) is 4.94. The Morgan fingerprint density at radius 3 is 2.71 bits per heavy atom. The van der Waals surface area contributed by atoms with Gasteiger partial charge in [-0.25, -0.2) is 4.79 Å². The monoisotopic (exact) mass is 276 g/mol. The Balaban J connectivity index is 2.92. The lowest BCUT2D eigenvalue weighted by molar-refractivity contribution is 0.0526. The summed E-state index contributed by atoms with van der Waals surface area (Å²) < 4.78 is 5.80. The van der Waals surface area contributed by atoms with E-state index in [-0.39, 0.29) is 5.97 Å². The van der Waals surface area contributed by atoms with Crippen molar-refractivity contribution >= 4 is 33.2 Å². The van der Waals surface area contributed by atoms with Gasteiger partial charge in [-0.1, -0.05) is 13.8 Å². The number of halogens is 1. The van der Waals surface area contributed by atoms with Gasteiger partial charge in [-0.3, -0.25) is 0 Å². The first kappa shape index (κ1) is 11.7. The molecular weight excluding hydrogens is 264 g/mol. The standard InChI is InChI=1S/C10H13BrO2S/c1-4-13-10(12)7-5-8(6(2)3)14-9(7)11/h5-6H,4H2,1-3H3. The first-order valence-corrected chi connectivity index (χ1v) is 6.13. The maximum atomic E-state index is 11.5. The highest BCUT2D eigenvalue weighted by Gasteiger charge is 2.16. The van der Waals surface area contributed by atoms with Crippen LogP contribution in [-0.4, -0.2) is 12.6 Å². The molecule has 0 saturated heterocycles. The topological polar surface area (TPSA) is 26.3 Å². The van der Waals surface area contributed by atoms with Crippen LogP contribution in [0.15, 0.2) is 9.85 Å². The maximum Gasteiger partial charge on any atom is 0.340 e. The summed E-state index contributed by atoms with van der Waals surface area (Å²) >= 11 is 4.97. The molecule has 0 bridgehead atoms. The summed E-state index contributed by atoms with van der Waals surface area (Å²) in [6, 6.07) is 1.90. The molecule has 0 aromatic carbocycles. The Morgan fingerprint density at radius 2 is 2.29 bits per heavy atom. The predicted octanol–water partition coefficient (Wildman–Crippen LogP) is 3.81. The third-order valence-electron chi connectivity index (χ3n) is 1.77. The van der Waals surface area contributed by atoms with Crippen LogP contribution in [0.1, 0.15) is 41.9 Å². The number of carbonyl (C=O) groups excluding carboxylic acids is 1.